The average molecular weight is 389 g/mol. The molecule has 0 aliphatic carbocycles. The number of amides is 1. The van der Waals surface area contributed by atoms with Crippen LogP contribution in [0.1, 0.15) is 16.8 Å². The fourth-order valence-corrected chi connectivity index (χ4v) is 2.74. The van der Waals surface area contributed by atoms with Crippen molar-refractivity contribution in [2.75, 3.05) is 5.32 Å². The fraction of sp³-hybridized carbons (Fsp3) is 0.143. The summed E-state index contributed by atoms with van der Waals surface area (Å²) in [7, 11) is 1.74. The van der Waals surface area contributed by atoms with Crippen LogP contribution in [-0.2, 0) is 23.3 Å². The van der Waals surface area contributed by atoms with E-state index < -0.39 is 5.91 Å². The molecule has 2 aromatic carbocycles. The van der Waals surface area contributed by atoms with Gasteiger partial charge in [-0.15, -0.1) is 0 Å². The Morgan fingerprint density at radius 3 is 2.55 bits per heavy atom. The normalized spacial score (nSPS) is 10.7. The highest BCUT2D eigenvalue weighted by Crippen LogP contribution is 2.13. The van der Waals surface area contributed by atoms with Gasteiger partial charge in [0, 0.05) is 7.05 Å². The van der Waals surface area contributed by atoms with Crippen LogP contribution in [-0.4, -0.2) is 21.5 Å². The predicted octanol–water partition coefficient (Wildman–Crippen LogP) is 2.50. The molecular formula is C21H19N5O3. The molecule has 0 aliphatic heterocycles. The first-order chi connectivity index (χ1) is 14.0. The number of para-hydroxylation sites is 1. The Balaban J connectivity index is 1.65. The fourth-order valence-electron chi connectivity index (χ4n) is 2.74. The van der Waals surface area contributed by atoms with Gasteiger partial charge in [0.05, 0.1) is 23.0 Å². The van der Waals surface area contributed by atoms with Crippen LogP contribution in [0.25, 0.3) is 5.69 Å². The highest BCUT2D eigenvalue weighted by Gasteiger charge is 2.17. The molecule has 1 amide bonds. The molecule has 0 spiro atoms. The Morgan fingerprint density at radius 2 is 1.90 bits per heavy atom. The van der Waals surface area contributed by atoms with E-state index in [2.05, 4.69) is 10.5 Å². The minimum atomic E-state index is -0.573. The van der Waals surface area contributed by atoms with E-state index in [4.69, 9.17) is 10.1 Å². The molecule has 3 rings (SSSR count). The van der Waals surface area contributed by atoms with Crippen LogP contribution in [0.5, 0.6) is 0 Å². The molecule has 8 nitrogen and oxygen atoms in total. The van der Waals surface area contributed by atoms with Gasteiger partial charge in [-0.05, 0) is 36.8 Å². The molecule has 0 radical (unpaired) electrons. The lowest BCUT2D eigenvalue weighted by atomic mass is 10.2. The van der Waals surface area contributed by atoms with Crippen molar-refractivity contribution in [1.82, 2.24) is 9.36 Å². The Hall–Kier alpha value is -4.12. The highest BCUT2D eigenvalue weighted by atomic mass is 16.6. The molecule has 0 saturated carbocycles. The summed E-state index contributed by atoms with van der Waals surface area (Å²) in [6.07, 6.45) is 0.975. The Bertz CT molecular complexity index is 1140. The third kappa shape index (κ3) is 4.42. The van der Waals surface area contributed by atoms with Gasteiger partial charge in [-0.1, -0.05) is 35.5 Å². The molecule has 0 fully saturated rings. The van der Waals surface area contributed by atoms with E-state index in [9.17, 15) is 9.59 Å². The second kappa shape index (κ2) is 8.71. The number of nitrogens with zero attached hydrogens (tertiary/aromatic N) is 4. The van der Waals surface area contributed by atoms with Gasteiger partial charge in [0.25, 0.3) is 11.5 Å². The molecule has 0 unspecified atom stereocenters. The lowest BCUT2D eigenvalue weighted by Crippen LogP contribution is -2.23. The third-order valence-electron chi connectivity index (χ3n) is 4.36. The monoisotopic (exact) mass is 389 g/mol. The van der Waals surface area contributed by atoms with Crippen LogP contribution in [0.2, 0.25) is 0 Å². The van der Waals surface area contributed by atoms with Gasteiger partial charge in [-0.2, -0.15) is 5.26 Å². The maximum atomic E-state index is 12.7. The summed E-state index contributed by atoms with van der Waals surface area (Å²) in [6, 6.07) is 18.0. The van der Waals surface area contributed by atoms with Crippen LogP contribution in [0.3, 0.4) is 0 Å². The minimum absolute atomic E-state index is 0.153. The molecule has 0 saturated heterocycles. The zero-order valence-corrected chi connectivity index (χ0v) is 16.0. The standard InChI is InChI=1S/C21H19N5O3/c1-15-20(21(28)26(25(15)2)18-6-4-3-5-7-18)24-19(27)13-23-29-14-17-10-8-16(12-22)9-11-17/h3-11,13H,14H2,1-2H3,(H,24,27)/b23-13+. The highest BCUT2D eigenvalue weighted by molar-refractivity contribution is 6.31. The number of aromatic nitrogens is 2. The smallest absolute Gasteiger partial charge is 0.295 e. The molecule has 1 heterocycles. The summed E-state index contributed by atoms with van der Waals surface area (Å²) in [5.74, 6) is -0.573. The molecule has 1 N–H and O–H groups in total. The van der Waals surface area contributed by atoms with E-state index in [1.54, 1.807) is 42.9 Å². The Labute approximate surface area is 167 Å². The largest absolute Gasteiger partial charge is 0.391 e. The number of oxime groups is 1. The lowest BCUT2D eigenvalue weighted by Gasteiger charge is -2.07. The first-order valence-electron chi connectivity index (χ1n) is 8.80. The maximum Gasteiger partial charge on any atom is 0.295 e. The second-order valence-electron chi connectivity index (χ2n) is 6.24. The minimum Gasteiger partial charge on any atom is -0.391 e. The summed E-state index contributed by atoms with van der Waals surface area (Å²) in [6.45, 7) is 1.90. The van der Waals surface area contributed by atoms with Gasteiger partial charge < -0.3 is 10.2 Å². The van der Waals surface area contributed by atoms with Crippen molar-refractivity contribution in [1.29, 1.82) is 5.26 Å². The van der Waals surface area contributed by atoms with Crippen molar-refractivity contribution in [3.05, 3.63) is 81.8 Å². The van der Waals surface area contributed by atoms with Gasteiger partial charge in [0.15, 0.2) is 0 Å². The van der Waals surface area contributed by atoms with E-state index in [1.807, 2.05) is 36.4 Å². The molecule has 146 valence electrons. The van der Waals surface area contributed by atoms with E-state index in [1.165, 1.54) is 4.68 Å². The molecule has 8 heteroatoms. The van der Waals surface area contributed by atoms with E-state index in [0.29, 0.717) is 16.9 Å². The lowest BCUT2D eigenvalue weighted by molar-refractivity contribution is -0.110. The molecule has 0 atom stereocenters. The summed E-state index contributed by atoms with van der Waals surface area (Å²) < 4.78 is 3.15. The topological polar surface area (TPSA) is 101 Å². The van der Waals surface area contributed by atoms with Crippen molar-refractivity contribution < 1.29 is 9.63 Å². The van der Waals surface area contributed by atoms with Gasteiger partial charge in [-0.3, -0.25) is 14.3 Å². The number of hydrogen-bond donors (Lipinski definition) is 1. The van der Waals surface area contributed by atoms with Gasteiger partial charge in [0.2, 0.25) is 0 Å². The van der Waals surface area contributed by atoms with Gasteiger partial charge in [0.1, 0.15) is 18.5 Å². The summed E-state index contributed by atoms with van der Waals surface area (Å²) in [5, 5.41) is 15.0. The number of carbonyl (C=O) groups is 1. The number of carbonyl (C=O) groups excluding carboxylic acids is 1. The number of benzene rings is 2. The number of nitriles is 1. The van der Waals surface area contributed by atoms with Crippen molar-refractivity contribution in [2.24, 2.45) is 12.2 Å². The summed E-state index contributed by atoms with van der Waals surface area (Å²) in [4.78, 5) is 30.0. The molecule has 1 aromatic heterocycles. The molecule has 0 aliphatic rings. The third-order valence-corrected chi connectivity index (χ3v) is 4.36. The van der Waals surface area contributed by atoms with Crippen LogP contribution in [0.4, 0.5) is 5.69 Å². The van der Waals surface area contributed by atoms with E-state index in [-0.39, 0.29) is 17.9 Å². The van der Waals surface area contributed by atoms with E-state index >= 15 is 0 Å². The zero-order valence-electron chi connectivity index (χ0n) is 16.0. The Morgan fingerprint density at radius 1 is 1.21 bits per heavy atom. The SMILES string of the molecule is Cc1c(NC(=O)/C=N/OCc2ccc(C#N)cc2)c(=O)n(-c2ccccc2)n1C. The molecule has 29 heavy (non-hydrogen) atoms. The first-order valence-corrected chi connectivity index (χ1v) is 8.80. The maximum absolute atomic E-state index is 12.7. The number of anilines is 1. The first kappa shape index (κ1) is 19.6. The van der Waals surface area contributed by atoms with Gasteiger partial charge >= 0.3 is 0 Å². The quantitative estimate of drug-likeness (QED) is 0.517. The number of nitrogens with one attached hydrogen (secondary N) is 1. The number of hydrogen-bond acceptors (Lipinski definition) is 5. The van der Waals surface area contributed by atoms with Crippen LogP contribution >= 0.6 is 0 Å². The molecule has 3 aromatic rings. The Kier molecular flexibility index (Phi) is 5.90. The van der Waals surface area contributed by atoms with Crippen LogP contribution < -0.4 is 10.9 Å². The summed E-state index contributed by atoms with van der Waals surface area (Å²) in [5.41, 5.74) is 2.51. The second-order valence-corrected chi connectivity index (χ2v) is 6.24. The van der Waals surface area contributed by atoms with Gasteiger partial charge in [-0.25, -0.2) is 4.68 Å². The van der Waals surface area contributed by atoms with Crippen molar-refractivity contribution in [3.63, 3.8) is 0 Å². The van der Waals surface area contributed by atoms with Crippen molar-refractivity contribution in [2.45, 2.75) is 13.5 Å². The predicted molar refractivity (Wildman–Crippen MR) is 109 cm³/mol. The van der Waals surface area contributed by atoms with Crippen molar-refractivity contribution >= 4 is 17.8 Å². The van der Waals surface area contributed by atoms with E-state index in [0.717, 1.165) is 11.8 Å². The number of rotatable bonds is 6. The zero-order chi connectivity index (χ0) is 20.8. The molecule has 0 bridgehead atoms. The van der Waals surface area contributed by atoms with Crippen LogP contribution in [0.15, 0.2) is 64.5 Å². The molecular weight excluding hydrogens is 370 g/mol. The average Bonchev–Trinajstić information content (AvgIpc) is 2.95. The summed E-state index contributed by atoms with van der Waals surface area (Å²) >= 11 is 0. The van der Waals surface area contributed by atoms with Crippen LogP contribution in [0, 0.1) is 18.3 Å². The van der Waals surface area contributed by atoms with Crippen molar-refractivity contribution in [3.8, 4) is 11.8 Å².